The van der Waals surface area contributed by atoms with E-state index in [1.54, 1.807) is 7.11 Å². The molecule has 0 bridgehead atoms. The van der Waals surface area contributed by atoms with E-state index >= 15 is 0 Å². The maximum absolute atomic E-state index is 13.0. The van der Waals surface area contributed by atoms with Crippen LogP contribution in [-0.2, 0) is 20.9 Å². The number of likely N-dealkylation sites (tertiary alicyclic amines) is 2. The Morgan fingerprint density at radius 2 is 1.86 bits per heavy atom. The summed E-state index contributed by atoms with van der Waals surface area (Å²) in [5.41, 5.74) is 1.10. The first-order valence-corrected chi connectivity index (χ1v) is 9.16. The number of aliphatic carboxylic acids is 1. The van der Waals surface area contributed by atoms with E-state index in [0.717, 1.165) is 38.2 Å². The van der Waals surface area contributed by atoms with Crippen molar-refractivity contribution in [3.05, 3.63) is 35.6 Å². The highest BCUT2D eigenvalue weighted by Crippen LogP contribution is 2.32. The van der Waals surface area contributed by atoms with Crippen LogP contribution in [0, 0.1) is 17.7 Å². The maximum Gasteiger partial charge on any atom is 0.490 e. The van der Waals surface area contributed by atoms with Gasteiger partial charge in [0.15, 0.2) is 0 Å². The van der Waals surface area contributed by atoms with Gasteiger partial charge in [0.2, 0.25) is 5.91 Å². The van der Waals surface area contributed by atoms with E-state index in [0.29, 0.717) is 19.1 Å². The van der Waals surface area contributed by atoms with Crippen LogP contribution in [0.1, 0.15) is 12.0 Å². The Morgan fingerprint density at radius 3 is 2.41 bits per heavy atom. The van der Waals surface area contributed by atoms with E-state index < -0.39 is 12.1 Å². The molecule has 1 N–H and O–H groups in total. The molecule has 6 nitrogen and oxygen atoms in total. The third kappa shape index (κ3) is 6.67. The fourth-order valence-electron chi connectivity index (χ4n) is 3.60. The number of alkyl halides is 3. The SMILES string of the molecule is COCCN1CC[C@H]2CN(Cc3ccc(F)cc3)C[C@@H]2C1=O.O=C(O)C(F)(F)F. The summed E-state index contributed by atoms with van der Waals surface area (Å²) in [5, 5.41) is 7.12. The Bertz CT molecular complexity index is 696. The lowest BCUT2D eigenvalue weighted by atomic mass is 9.88. The second-order valence-electron chi connectivity index (χ2n) is 7.10. The fourth-order valence-corrected chi connectivity index (χ4v) is 3.60. The lowest BCUT2D eigenvalue weighted by Crippen LogP contribution is -2.46. The lowest BCUT2D eigenvalue weighted by molar-refractivity contribution is -0.192. The van der Waals surface area contributed by atoms with Crippen LogP contribution in [0.2, 0.25) is 0 Å². The number of carboxylic acids is 1. The Morgan fingerprint density at radius 1 is 1.24 bits per heavy atom. The van der Waals surface area contributed by atoms with Crippen LogP contribution in [0.15, 0.2) is 24.3 Å². The molecular weight excluding hydrogens is 396 g/mol. The molecule has 2 aliphatic heterocycles. The second kappa shape index (κ2) is 10.0. The number of carbonyl (C=O) groups is 2. The van der Waals surface area contributed by atoms with E-state index in [1.165, 1.54) is 12.1 Å². The molecule has 1 aromatic rings. The van der Waals surface area contributed by atoms with Crippen molar-refractivity contribution in [1.82, 2.24) is 9.80 Å². The highest BCUT2D eigenvalue weighted by Gasteiger charge is 2.42. The molecule has 2 fully saturated rings. The van der Waals surface area contributed by atoms with Crippen molar-refractivity contribution in [3.8, 4) is 0 Å². The summed E-state index contributed by atoms with van der Waals surface area (Å²) < 4.78 is 49.8. The van der Waals surface area contributed by atoms with Crippen LogP contribution < -0.4 is 0 Å². The van der Waals surface area contributed by atoms with Gasteiger partial charge in [-0.25, -0.2) is 9.18 Å². The van der Waals surface area contributed by atoms with Crippen molar-refractivity contribution >= 4 is 11.9 Å². The van der Waals surface area contributed by atoms with Gasteiger partial charge in [0.1, 0.15) is 5.82 Å². The number of benzene rings is 1. The molecule has 2 saturated heterocycles. The van der Waals surface area contributed by atoms with E-state index in [9.17, 15) is 22.4 Å². The average Bonchev–Trinajstić information content (AvgIpc) is 3.06. The average molecular weight is 420 g/mol. The van der Waals surface area contributed by atoms with Crippen molar-refractivity contribution in [2.45, 2.75) is 19.1 Å². The quantitative estimate of drug-likeness (QED) is 0.741. The van der Waals surface area contributed by atoms with Gasteiger partial charge >= 0.3 is 12.1 Å². The molecule has 0 aromatic heterocycles. The number of amides is 1. The minimum absolute atomic E-state index is 0.117. The number of halogens is 4. The van der Waals surface area contributed by atoms with Gasteiger partial charge in [-0.05, 0) is 30.0 Å². The molecule has 0 aliphatic carbocycles. The molecule has 10 heteroatoms. The lowest BCUT2D eigenvalue weighted by Gasteiger charge is -2.33. The summed E-state index contributed by atoms with van der Waals surface area (Å²) in [7, 11) is 1.66. The zero-order valence-corrected chi connectivity index (χ0v) is 16.0. The number of hydrogen-bond donors (Lipinski definition) is 1. The van der Waals surface area contributed by atoms with Gasteiger partial charge in [-0.1, -0.05) is 12.1 Å². The largest absolute Gasteiger partial charge is 0.490 e. The Kier molecular flexibility index (Phi) is 7.97. The molecule has 2 aliphatic rings. The number of fused-ring (bicyclic) bond motifs is 1. The highest BCUT2D eigenvalue weighted by molar-refractivity contribution is 5.80. The smallest absolute Gasteiger partial charge is 0.475 e. The van der Waals surface area contributed by atoms with Gasteiger partial charge in [0, 0.05) is 39.8 Å². The normalized spacial score (nSPS) is 22.1. The van der Waals surface area contributed by atoms with Crippen LogP contribution >= 0.6 is 0 Å². The van der Waals surface area contributed by atoms with E-state index in [2.05, 4.69) is 4.90 Å². The second-order valence-corrected chi connectivity index (χ2v) is 7.10. The summed E-state index contributed by atoms with van der Waals surface area (Å²) in [4.78, 5) is 25.7. The van der Waals surface area contributed by atoms with Crippen molar-refractivity contribution in [2.24, 2.45) is 11.8 Å². The van der Waals surface area contributed by atoms with E-state index in [-0.39, 0.29) is 17.6 Å². The summed E-state index contributed by atoms with van der Waals surface area (Å²) in [6, 6.07) is 6.64. The number of rotatable bonds is 5. The summed E-state index contributed by atoms with van der Waals surface area (Å²) in [6.07, 6.45) is -4.01. The molecule has 0 spiro atoms. The molecular formula is C19H24F4N2O4. The number of nitrogens with zero attached hydrogens (tertiary/aromatic N) is 2. The molecule has 3 rings (SSSR count). The van der Waals surface area contributed by atoms with Crippen LogP contribution in [0.5, 0.6) is 0 Å². The molecule has 0 saturated carbocycles. The van der Waals surface area contributed by atoms with Gasteiger partial charge < -0.3 is 14.7 Å². The van der Waals surface area contributed by atoms with Gasteiger partial charge in [-0.2, -0.15) is 13.2 Å². The summed E-state index contributed by atoms with van der Waals surface area (Å²) >= 11 is 0. The van der Waals surface area contributed by atoms with Gasteiger partial charge in [0.05, 0.1) is 12.5 Å². The molecule has 2 atom stereocenters. The predicted molar refractivity (Wildman–Crippen MR) is 95.4 cm³/mol. The molecule has 0 unspecified atom stereocenters. The number of methoxy groups -OCH3 is 1. The van der Waals surface area contributed by atoms with Crippen molar-refractivity contribution < 1.29 is 37.0 Å². The number of piperidine rings is 1. The standard InChI is InChI=1S/C17H23FN2O2.C2HF3O2/c1-22-9-8-20-7-6-14-11-19(12-16(14)17(20)21)10-13-2-4-15(18)5-3-13;3-2(4,5)1(6)7/h2-5,14,16H,6-12H2,1H3;(H,6,7)/t14-,16-;/m0./s1. The third-order valence-electron chi connectivity index (χ3n) is 5.04. The number of carboxylic acid groups (broad SMARTS) is 1. The molecule has 29 heavy (non-hydrogen) atoms. The first-order valence-electron chi connectivity index (χ1n) is 9.16. The molecule has 1 amide bonds. The van der Waals surface area contributed by atoms with Gasteiger partial charge in [-0.15, -0.1) is 0 Å². The Labute approximate surface area is 166 Å². The Balaban J connectivity index is 0.000000370. The Hall–Kier alpha value is -2.20. The minimum atomic E-state index is -5.08. The van der Waals surface area contributed by atoms with Gasteiger partial charge in [0.25, 0.3) is 0 Å². The van der Waals surface area contributed by atoms with Crippen molar-refractivity contribution in [3.63, 3.8) is 0 Å². The maximum atomic E-state index is 13.0. The predicted octanol–water partition coefficient (Wildman–Crippen LogP) is 2.39. The number of ether oxygens (including phenoxy) is 1. The zero-order valence-electron chi connectivity index (χ0n) is 16.0. The first-order chi connectivity index (χ1) is 13.6. The van der Waals surface area contributed by atoms with Crippen LogP contribution in [0.4, 0.5) is 17.6 Å². The van der Waals surface area contributed by atoms with Crippen LogP contribution in [0.3, 0.4) is 0 Å². The van der Waals surface area contributed by atoms with Crippen LogP contribution in [-0.4, -0.2) is 72.9 Å². The number of carbonyl (C=O) groups excluding carboxylic acids is 1. The van der Waals surface area contributed by atoms with Crippen molar-refractivity contribution in [1.29, 1.82) is 0 Å². The highest BCUT2D eigenvalue weighted by atomic mass is 19.4. The van der Waals surface area contributed by atoms with Crippen molar-refractivity contribution in [2.75, 3.05) is 39.9 Å². The topological polar surface area (TPSA) is 70.1 Å². The number of hydrogen-bond acceptors (Lipinski definition) is 4. The first kappa shape index (κ1) is 23.1. The van der Waals surface area contributed by atoms with E-state index in [4.69, 9.17) is 14.6 Å². The van der Waals surface area contributed by atoms with Crippen LogP contribution in [0.25, 0.3) is 0 Å². The molecule has 162 valence electrons. The molecule has 2 heterocycles. The monoisotopic (exact) mass is 420 g/mol. The van der Waals surface area contributed by atoms with E-state index in [1.807, 2.05) is 17.0 Å². The third-order valence-corrected chi connectivity index (χ3v) is 5.04. The zero-order chi connectivity index (χ0) is 21.6. The minimum Gasteiger partial charge on any atom is -0.475 e. The summed E-state index contributed by atoms with van der Waals surface area (Å²) in [5.74, 6) is -2.11. The van der Waals surface area contributed by atoms with Gasteiger partial charge in [-0.3, -0.25) is 9.69 Å². The molecule has 1 aromatic carbocycles. The summed E-state index contributed by atoms with van der Waals surface area (Å²) in [6.45, 7) is 4.70. The molecule has 0 radical (unpaired) electrons. The fraction of sp³-hybridized carbons (Fsp3) is 0.579.